The number of hydrogen-bond donors (Lipinski definition) is 2. The predicted octanol–water partition coefficient (Wildman–Crippen LogP) is 1.91. The molecule has 0 aromatic heterocycles. The van der Waals surface area contributed by atoms with Crippen molar-refractivity contribution in [3.8, 4) is 0 Å². The van der Waals surface area contributed by atoms with Gasteiger partial charge in [0.2, 0.25) is 0 Å². The summed E-state index contributed by atoms with van der Waals surface area (Å²) in [5.41, 5.74) is 13.0. The maximum Gasteiger partial charge on any atom is 0.164 e. The van der Waals surface area contributed by atoms with E-state index in [4.69, 9.17) is 11.5 Å². The monoisotopic (exact) mass is 247 g/mol. The highest BCUT2D eigenvalue weighted by Crippen LogP contribution is 2.17. The lowest BCUT2D eigenvalue weighted by Gasteiger charge is -2.25. The first-order valence-corrected chi connectivity index (χ1v) is 6.57. The Morgan fingerprint density at radius 3 is 2.50 bits per heavy atom. The molecule has 18 heavy (non-hydrogen) atoms. The number of Topliss-reactive ketones (excluding diaryl/α,β-unsaturated/α-hetero) is 1. The fraction of sp³-hybridized carbons (Fsp3) is 0.500. The summed E-state index contributed by atoms with van der Waals surface area (Å²) in [4.78, 5) is 14.4. The normalized spacial score (nSPS) is 16.7. The molecule has 1 aromatic carbocycles. The molecule has 4 N–H and O–H groups in total. The fourth-order valence-electron chi connectivity index (χ4n) is 2.34. The number of benzene rings is 1. The first-order valence-electron chi connectivity index (χ1n) is 6.57. The van der Waals surface area contributed by atoms with Crippen molar-refractivity contribution >= 4 is 17.2 Å². The summed E-state index contributed by atoms with van der Waals surface area (Å²) in [5.74, 6) is 0.146. The molecule has 1 saturated heterocycles. The maximum atomic E-state index is 12.0. The second kappa shape index (κ2) is 5.87. The highest BCUT2D eigenvalue weighted by Gasteiger charge is 2.13. The molecule has 1 fully saturated rings. The summed E-state index contributed by atoms with van der Waals surface area (Å²) in [6.45, 7) is 3.09. The topological polar surface area (TPSA) is 72.4 Å². The number of nitrogens with two attached hydrogens (primary N) is 2. The van der Waals surface area contributed by atoms with E-state index >= 15 is 0 Å². The molecule has 4 heteroatoms. The van der Waals surface area contributed by atoms with E-state index in [1.54, 1.807) is 18.2 Å². The second-order valence-electron chi connectivity index (χ2n) is 4.92. The third-order valence-electron chi connectivity index (χ3n) is 3.51. The van der Waals surface area contributed by atoms with Crippen LogP contribution in [0.3, 0.4) is 0 Å². The van der Waals surface area contributed by atoms with Gasteiger partial charge in [0.15, 0.2) is 5.78 Å². The predicted molar refractivity (Wildman–Crippen MR) is 74.5 cm³/mol. The number of anilines is 2. The Hall–Kier alpha value is -1.55. The van der Waals surface area contributed by atoms with Crippen molar-refractivity contribution < 1.29 is 4.79 Å². The molecule has 0 bridgehead atoms. The third kappa shape index (κ3) is 3.23. The van der Waals surface area contributed by atoms with Crippen molar-refractivity contribution in [3.63, 3.8) is 0 Å². The van der Waals surface area contributed by atoms with Gasteiger partial charge < -0.3 is 16.4 Å². The van der Waals surface area contributed by atoms with Gasteiger partial charge in [-0.3, -0.25) is 4.79 Å². The molecule has 98 valence electrons. The van der Waals surface area contributed by atoms with Crippen molar-refractivity contribution in [2.45, 2.75) is 25.7 Å². The van der Waals surface area contributed by atoms with Gasteiger partial charge in [0.25, 0.3) is 0 Å². The van der Waals surface area contributed by atoms with E-state index in [2.05, 4.69) is 4.90 Å². The highest BCUT2D eigenvalue weighted by molar-refractivity contribution is 5.97. The Labute approximate surface area is 108 Å². The SMILES string of the molecule is Nc1ccc(C(=O)CCN2CCCCC2)cc1N. The van der Waals surface area contributed by atoms with Crippen LogP contribution in [0.15, 0.2) is 18.2 Å². The van der Waals surface area contributed by atoms with Crippen molar-refractivity contribution in [3.05, 3.63) is 23.8 Å². The lowest BCUT2D eigenvalue weighted by molar-refractivity contribution is 0.0959. The summed E-state index contributed by atoms with van der Waals surface area (Å²) in [6.07, 6.45) is 4.38. The van der Waals surface area contributed by atoms with Crippen LogP contribution in [0.1, 0.15) is 36.0 Å². The molecule has 1 heterocycles. The first kappa shape index (κ1) is 12.9. The number of carbonyl (C=O) groups excluding carboxylic acids is 1. The Kier molecular flexibility index (Phi) is 4.20. The smallest absolute Gasteiger partial charge is 0.164 e. The van der Waals surface area contributed by atoms with Crippen molar-refractivity contribution in [2.24, 2.45) is 0 Å². The van der Waals surface area contributed by atoms with Crippen LogP contribution in [0.25, 0.3) is 0 Å². The second-order valence-corrected chi connectivity index (χ2v) is 4.92. The van der Waals surface area contributed by atoms with Gasteiger partial charge in [-0.1, -0.05) is 6.42 Å². The van der Waals surface area contributed by atoms with Gasteiger partial charge in [-0.15, -0.1) is 0 Å². The van der Waals surface area contributed by atoms with Gasteiger partial charge in [-0.2, -0.15) is 0 Å². The lowest BCUT2D eigenvalue weighted by atomic mass is 10.1. The van der Waals surface area contributed by atoms with Gasteiger partial charge in [0.05, 0.1) is 11.4 Å². The summed E-state index contributed by atoms with van der Waals surface area (Å²) >= 11 is 0. The highest BCUT2D eigenvalue weighted by atomic mass is 16.1. The van der Waals surface area contributed by atoms with E-state index in [0.717, 1.165) is 19.6 Å². The van der Waals surface area contributed by atoms with E-state index in [1.165, 1.54) is 19.3 Å². The Morgan fingerprint density at radius 2 is 1.83 bits per heavy atom. The Morgan fingerprint density at radius 1 is 1.11 bits per heavy atom. The number of carbonyl (C=O) groups is 1. The Balaban J connectivity index is 1.88. The molecule has 0 spiro atoms. The molecule has 1 aromatic rings. The molecule has 0 aliphatic carbocycles. The summed E-state index contributed by atoms with van der Waals surface area (Å²) in [6, 6.07) is 5.13. The van der Waals surface area contributed by atoms with Crippen molar-refractivity contribution in [1.82, 2.24) is 4.90 Å². The van der Waals surface area contributed by atoms with Crippen LogP contribution in [-0.2, 0) is 0 Å². The van der Waals surface area contributed by atoms with Gasteiger partial charge >= 0.3 is 0 Å². The zero-order valence-electron chi connectivity index (χ0n) is 10.7. The first-order chi connectivity index (χ1) is 8.66. The molecular weight excluding hydrogens is 226 g/mol. The molecule has 1 aliphatic rings. The molecule has 4 nitrogen and oxygen atoms in total. The van der Waals surface area contributed by atoms with Crippen LogP contribution in [0.2, 0.25) is 0 Å². The van der Waals surface area contributed by atoms with Crippen LogP contribution in [0.5, 0.6) is 0 Å². The van der Waals surface area contributed by atoms with Crippen LogP contribution in [0, 0.1) is 0 Å². The Bertz CT molecular complexity index is 425. The molecular formula is C14H21N3O. The van der Waals surface area contributed by atoms with Gasteiger partial charge in [0, 0.05) is 18.5 Å². The number of hydrogen-bond acceptors (Lipinski definition) is 4. The number of nitrogens with zero attached hydrogens (tertiary/aromatic N) is 1. The molecule has 0 atom stereocenters. The fourth-order valence-corrected chi connectivity index (χ4v) is 2.34. The minimum Gasteiger partial charge on any atom is -0.397 e. The summed E-state index contributed by atoms with van der Waals surface area (Å²) in [5, 5.41) is 0. The van der Waals surface area contributed by atoms with Crippen molar-refractivity contribution in [1.29, 1.82) is 0 Å². The standard InChI is InChI=1S/C14H21N3O/c15-12-5-4-11(10-13(12)16)14(18)6-9-17-7-2-1-3-8-17/h4-5,10H,1-3,6-9,15-16H2. The van der Waals surface area contributed by atoms with E-state index < -0.39 is 0 Å². The number of ketones is 1. The number of rotatable bonds is 4. The molecule has 0 amide bonds. The maximum absolute atomic E-state index is 12.0. The van der Waals surface area contributed by atoms with E-state index in [1.807, 2.05) is 0 Å². The van der Waals surface area contributed by atoms with E-state index in [9.17, 15) is 4.79 Å². The average Bonchev–Trinajstić information content (AvgIpc) is 2.40. The number of piperidine rings is 1. The molecule has 0 unspecified atom stereocenters. The quantitative estimate of drug-likeness (QED) is 0.629. The lowest BCUT2D eigenvalue weighted by Crippen LogP contribution is -2.31. The van der Waals surface area contributed by atoms with E-state index in [0.29, 0.717) is 23.4 Å². The van der Waals surface area contributed by atoms with Crippen LogP contribution >= 0.6 is 0 Å². The third-order valence-corrected chi connectivity index (χ3v) is 3.51. The minimum absolute atomic E-state index is 0.146. The molecule has 1 aliphatic heterocycles. The largest absolute Gasteiger partial charge is 0.397 e. The number of nitrogen functional groups attached to an aromatic ring is 2. The van der Waals surface area contributed by atoms with Crippen molar-refractivity contribution in [2.75, 3.05) is 31.1 Å². The van der Waals surface area contributed by atoms with Crippen LogP contribution in [0.4, 0.5) is 11.4 Å². The average molecular weight is 247 g/mol. The van der Waals surface area contributed by atoms with E-state index in [-0.39, 0.29) is 5.78 Å². The summed E-state index contributed by atoms with van der Waals surface area (Å²) in [7, 11) is 0. The molecule has 0 saturated carbocycles. The van der Waals surface area contributed by atoms with Crippen LogP contribution in [-0.4, -0.2) is 30.3 Å². The molecule has 2 rings (SSSR count). The molecule has 0 radical (unpaired) electrons. The van der Waals surface area contributed by atoms with Gasteiger partial charge in [-0.05, 0) is 44.1 Å². The zero-order chi connectivity index (χ0) is 13.0. The summed E-state index contributed by atoms with van der Waals surface area (Å²) < 4.78 is 0. The zero-order valence-corrected chi connectivity index (χ0v) is 10.7. The number of likely N-dealkylation sites (tertiary alicyclic amines) is 1. The minimum atomic E-state index is 0.146. The van der Waals surface area contributed by atoms with Crippen LogP contribution < -0.4 is 11.5 Å². The van der Waals surface area contributed by atoms with Gasteiger partial charge in [-0.25, -0.2) is 0 Å². The van der Waals surface area contributed by atoms with Gasteiger partial charge in [0.1, 0.15) is 0 Å².